The Morgan fingerprint density at radius 2 is 2.44 bits per heavy atom. The maximum absolute atomic E-state index is 9.29. The van der Waals surface area contributed by atoms with Crippen molar-refractivity contribution in [3.05, 3.63) is 12.7 Å². The molecular weight excluding hydrogens is 112 g/mol. The summed E-state index contributed by atoms with van der Waals surface area (Å²) in [6, 6.07) is 0. The monoisotopic (exact) mass is 126 g/mol. The summed E-state index contributed by atoms with van der Waals surface area (Å²) >= 11 is 0. The first-order valence-electron chi connectivity index (χ1n) is 3.54. The summed E-state index contributed by atoms with van der Waals surface area (Å²) in [5.41, 5.74) is 0. The van der Waals surface area contributed by atoms with E-state index in [1.807, 2.05) is 0 Å². The molecular formula is C8H14O. The molecule has 1 nitrogen and oxygen atoms in total. The van der Waals surface area contributed by atoms with Gasteiger partial charge in [0.25, 0.3) is 0 Å². The van der Waals surface area contributed by atoms with Gasteiger partial charge in [0.05, 0.1) is 6.10 Å². The molecule has 1 rings (SSSR count). The number of aliphatic hydroxyl groups is 1. The van der Waals surface area contributed by atoms with Crippen molar-refractivity contribution in [1.29, 1.82) is 0 Å². The molecule has 0 radical (unpaired) electrons. The van der Waals surface area contributed by atoms with Crippen LogP contribution in [0.25, 0.3) is 0 Å². The molecule has 0 aromatic carbocycles. The third-order valence-corrected chi connectivity index (χ3v) is 2.07. The van der Waals surface area contributed by atoms with E-state index in [4.69, 9.17) is 0 Å². The molecule has 1 saturated carbocycles. The highest BCUT2D eigenvalue weighted by Gasteiger charge is 2.37. The Balaban J connectivity index is 2.18. The number of aliphatic hydroxyl groups excluding tert-OH is 1. The highest BCUT2D eigenvalue weighted by molar-refractivity contribution is 4.90. The molecule has 0 saturated heterocycles. The summed E-state index contributed by atoms with van der Waals surface area (Å²) in [4.78, 5) is 0. The van der Waals surface area contributed by atoms with Crippen LogP contribution in [0.5, 0.6) is 0 Å². The lowest BCUT2D eigenvalue weighted by molar-refractivity contribution is 0.149. The van der Waals surface area contributed by atoms with Crippen LogP contribution in [0, 0.1) is 11.8 Å². The van der Waals surface area contributed by atoms with Gasteiger partial charge in [0.1, 0.15) is 0 Å². The second kappa shape index (κ2) is 2.53. The van der Waals surface area contributed by atoms with Crippen LogP contribution >= 0.6 is 0 Å². The van der Waals surface area contributed by atoms with E-state index in [9.17, 15) is 5.11 Å². The van der Waals surface area contributed by atoms with Crippen LogP contribution < -0.4 is 0 Å². The van der Waals surface area contributed by atoms with Gasteiger partial charge in [-0.15, -0.1) is 6.58 Å². The van der Waals surface area contributed by atoms with Crippen molar-refractivity contribution in [1.82, 2.24) is 0 Å². The molecule has 1 fully saturated rings. The molecule has 1 heteroatoms. The minimum Gasteiger partial charge on any atom is -0.393 e. The normalized spacial score (nSPS) is 35.8. The van der Waals surface area contributed by atoms with Gasteiger partial charge in [0.2, 0.25) is 0 Å². The molecule has 52 valence electrons. The zero-order valence-electron chi connectivity index (χ0n) is 5.88. The first kappa shape index (κ1) is 6.81. The van der Waals surface area contributed by atoms with Crippen molar-refractivity contribution in [3.63, 3.8) is 0 Å². The summed E-state index contributed by atoms with van der Waals surface area (Å²) in [5.74, 6) is 1.32. The third kappa shape index (κ3) is 1.55. The highest BCUT2D eigenvalue weighted by atomic mass is 16.3. The summed E-state index contributed by atoms with van der Waals surface area (Å²) < 4.78 is 0. The lowest BCUT2D eigenvalue weighted by atomic mass is 10.1. The predicted octanol–water partition coefficient (Wildman–Crippen LogP) is 1.58. The zero-order valence-corrected chi connectivity index (χ0v) is 5.88. The predicted molar refractivity (Wildman–Crippen MR) is 38.1 cm³/mol. The van der Waals surface area contributed by atoms with Gasteiger partial charge in [-0.05, 0) is 24.7 Å². The molecule has 0 aromatic heterocycles. The van der Waals surface area contributed by atoms with Gasteiger partial charge in [0.15, 0.2) is 0 Å². The Bertz CT molecular complexity index is 109. The van der Waals surface area contributed by atoms with E-state index < -0.39 is 0 Å². The van der Waals surface area contributed by atoms with Crippen LogP contribution in [-0.2, 0) is 0 Å². The molecule has 0 spiro atoms. The molecule has 0 amide bonds. The Morgan fingerprint density at radius 3 is 2.78 bits per heavy atom. The number of rotatable bonds is 3. The van der Waals surface area contributed by atoms with Crippen LogP contribution in [0.1, 0.15) is 19.8 Å². The van der Waals surface area contributed by atoms with Crippen molar-refractivity contribution in [2.24, 2.45) is 11.8 Å². The molecule has 1 N–H and O–H groups in total. The van der Waals surface area contributed by atoms with Gasteiger partial charge in [0, 0.05) is 0 Å². The standard InChI is InChI=1S/C8H14O/c1-3-4-8(9)7-5-6(7)2/h3,6-9H,1,4-5H2,2H3. The molecule has 9 heavy (non-hydrogen) atoms. The Morgan fingerprint density at radius 1 is 1.89 bits per heavy atom. The van der Waals surface area contributed by atoms with Gasteiger partial charge in [-0.1, -0.05) is 13.0 Å². The summed E-state index contributed by atoms with van der Waals surface area (Å²) in [7, 11) is 0. The fraction of sp³-hybridized carbons (Fsp3) is 0.750. The van der Waals surface area contributed by atoms with Gasteiger partial charge < -0.3 is 5.11 Å². The van der Waals surface area contributed by atoms with Gasteiger partial charge >= 0.3 is 0 Å². The van der Waals surface area contributed by atoms with Crippen molar-refractivity contribution in [2.45, 2.75) is 25.9 Å². The maximum atomic E-state index is 9.29. The third-order valence-electron chi connectivity index (χ3n) is 2.07. The molecule has 0 aromatic rings. The lowest BCUT2D eigenvalue weighted by Gasteiger charge is -2.03. The second-order valence-electron chi connectivity index (χ2n) is 2.97. The van der Waals surface area contributed by atoms with E-state index in [2.05, 4.69) is 13.5 Å². The minimum absolute atomic E-state index is 0.113. The quantitative estimate of drug-likeness (QED) is 0.569. The average molecular weight is 126 g/mol. The van der Waals surface area contributed by atoms with Crippen molar-refractivity contribution in [3.8, 4) is 0 Å². The molecule has 3 unspecified atom stereocenters. The van der Waals surface area contributed by atoms with E-state index in [-0.39, 0.29) is 6.10 Å². The largest absolute Gasteiger partial charge is 0.393 e. The zero-order chi connectivity index (χ0) is 6.85. The van der Waals surface area contributed by atoms with Gasteiger partial charge in [-0.25, -0.2) is 0 Å². The van der Waals surface area contributed by atoms with Crippen molar-refractivity contribution < 1.29 is 5.11 Å². The Kier molecular flexibility index (Phi) is 1.91. The fourth-order valence-corrected chi connectivity index (χ4v) is 1.23. The van der Waals surface area contributed by atoms with Crippen molar-refractivity contribution >= 4 is 0 Å². The van der Waals surface area contributed by atoms with Gasteiger partial charge in [-0.2, -0.15) is 0 Å². The smallest absolute Gasteiger partial charge is 0.0605 e. The van der Waals surface area contributed by atoms with E-state index in [0.29, 0.717) is 5.92 Å². The summed E-state index contributed by atoms with van der Waals surface area (Å²) in [6.45, 7) is 5.75. The molecule has 1 aliphatic rings. The Labute approximate surface area is 56.4 Å². The fourth-order valence-electron chi connectivity index (χ4n) is 1.23. The second-order valence-corrected chi connectivity index (χ2v) is 2.97. The van der Waals surface area contributed by atoms with Crippen LogP contribution in [0.15, 0.2) is 12.7 Å². The maximum Gasteiger partial charge on any atom is 0.0605 e. The molecule has 0 aliphatic heterocycles. The first-order chi connectivity index (χ1) is 4.25. The summed E-state index contributed by atoms with van der Waals surface area (Å²) in [6.07, 6.45) is 3.64. The van der Waals surface area contributed by atoms with E-state index in [0.717, 1.165) is 12.3 Å². The molecule has 1 aliphatic carbocycles. The van der Waals surface area contributed by atoms with Crippen LogP contribution in [0.2, 0.25) is 0 Å². The van der Waals surface area contributed by atoms with Crippen LogP contribution in [0.4, 0.5) is 0 Å². The summed E-state index contributed by atoms with van der Waals surface area (Å²) in [5, 5.41) is 9.29. The highest BCUT2D eigenvalue weighted by Crippen LogP contribution is 2.41. The van der Waals surface area contributed by atoms with Crippen molar-refractivity contribution in [2.75, 3.05) is 0 Å². The first-order valence-corrected chi connectivity index (χ1v) is 3.54. The molecule has 3 atom stereocenters. The topological polar surface area (TPSA) is 20.2 Å². The molecule has 0 bridgehead atoms. The number of hydrogen-bond acceptors (Lipinski definition) is 1. The Hall–Kier alpha value is -0.300. The average Bonchev–Trinajstić information content (AvgIpc) is 2.47. The SMILES string of the molecule is C=CCC(O)C1CC1C. The molecule has 0 heterocycles. The van der Waals surface area contributed by atoms with Crippen LogP contribution in [-0.4, -0.2) is 11.2 Å². The minimum atomic E-state index is -0.113. The van der Waals surface area contributed by atoms with E-state index in [1.54, 1.807) is 6.08 Å². The number of hydrogen-bond donors (Lipinski definition) is 1. The lowest BCUT2D eigenvalue weighted by Crippen LogP contribution is -2.08. The van der Waals surface area contributed by atoms with Crippen LogP contribution in [0.3, 0.4) is 0 Å². The van der Waals surface area contributed by atoms with E-state index >= 15 is 0 Å². The van der Waals surface area contributed by atoms with Gasteiger partial charge in [-0.3, -0.25) is 0 Å². The van der Waals surface area contributed by atoms with E-state index in [1.165, 1.54) is 6.42 Å².